The Morgan fingerprint density at radius 2 is 1.84 bits per heavy atom. The molecule has 2 N–H and O–H groups in total. The van der Waals surface area contributed by atoms with Gasteiger partial charge in [-0.25, -0.2) is 0 Å². The Bertz CT molecular complexity index is 404. The molecule has 0 aliphatic carbocycles. The first-order valence-corrected chi connectivity index (χ1v) is 7.21. The zero-order valence-electron chi connectivity index (χ0n) is 13.5. The molecule has 0 aromatic heterocycles. The van der Waals surface area contributed by atoms with Gasteiger partial charge in [-0.15, -0.1) is 0 Å². The number of hydrogen-bond acceptors (Lipinski definition) is 2. The van der Waals surface area contributed by atoms with Crippen molar-refractivity contribution < 1.29 is 0 Å². The second-order valence-corrected chi connectivity index (χ2v) is 7.04. The van der Waals surface area contributed by atoms with Crippen LogP contribution in [0.2, 0.25) is 0 Å². The molecule has 2 heteroatoms. The molecule has 1 rings (SSSR count). The average molecular weight is 262 g/mol. The molecule has 0 amide bonds. The van der Waals surface area contributed by atoms with Crippen molar-refractivity contribution in [3.05, 3.63) is 29.3 Å². The highest BCUT2D eigenvalue weighted by molar-refractivity contribution is 5.53. The highest BCUT2D eigenvalue weighted by Crippen LogP contribution is 2.26. The molecule has 1 atom stereocenters. The van der Waals surface area contributed by atoms with Gasteiger partial charge in [-0.05, 0) is 49.8 Å². The molecule has 1 aromatic carbocycles. The van der Waals surface area contributed by atoms with Crippen molar-refractivity contribution in [1.29, 1.82) is 0 Å². The molecule has 2 nitrogen and oxygen atoms in total. The summed E-state index contributed by atoms with van der Waals surface area (Å²) >= 11 is 0. The topological polar surface area (TPSA) is 29.3 Å². The maximum atomic E-state index is 5.94. The Balaban J connectivity index is 2.74. The number of hydrogen-bond donors (Lipinski definition) is 1. The van der Waals surface area contributed by atoms with Crippen molar-refractivity contribution >= 4 is 5.69 Å². The molecule has 1 unspecified atom stereocenters. The van der Waals surface area contributed by atoms with Gasteiger partial charge >= 0.3 is 0 Å². The lowest BCUT2D eigenvalue weighted by Crippen LogP contribution is -2.33. The number of anilines is 1. The second kappa shape index (κ2) is 6.42. The number of nitrogens with two attached hydrogens (primary N) is 1. The summed E-state index contributed by atoms with van der Waals surface area (Å²) in [7, 11) is 2.17. The highest BCUT2D eigenvalue weighted by atomic mass is 15.1. The van der Waals surface area contributed by atoms with Gasteiger partial charge in [-0.1, -0.05) is 38.5 Å². The van der Waals surface area contributed by atoms with Crippen LogP contribution in [0.5, 0.6) is 0 Å². The van der Waals surface area contributed by atoms with Gasteiger partial charge in [-0.3, -0.25) is 0 Å². The fraction of sp³-hybridized carbons (Fsp3) is 0.647. The van der Waals surface area contributed by atoms with Gasteiger partial charge in [0.05, 0.1) is 0 Å². The minimum Gasteiger partial charge on any atom is -0.374 e. The van der Waals surface area contributed by atoms with E-state index in [1.165, 1.54) is 23.2 Å². The summed E-state index contributed by atoms with van der Waals surface area (Å²) in [5.41, 5.74) is 10.3. The maximum Gasteiger partial charge on any atom is 0.0393 e. The van der Waals surface area contributed by atoms with E-state index >= 15 is 0 Å². The third-order valence-electron chi connectivity index (χ3n) is 3.53. The van der Waals surface area contributed by atoms with Crippen LogP contribution in [0.1, 0.15) is 38.3 Å². The zero-order valence-corrected chi connectivity index (χ0v) is 13.5. The van der Waals surface area contributed by atoms with Crippen molar-refractivity contribution in [3.8, 4) is 0 Å². The monoisotopic (exact) mass is 262 g/mol. The molecule has 0 heterocycles. The summed E-state index contributed by atoms with van der Waals surface area (Å²) in [5, 5.41) is 0. The van der Waals surface area contributed by atoms with Gasteiger partial charge in [0.15, 0.2) is 0 Å². The van der Waals surface area contributed by atoms with E-state index in [9.17, 15) is 0 Å². The van der Waals surface area contributed by atoms with E-state index in [1.807, 2.05) is 0 Å². The van der Waals surface area contributed by atoms with Gasteiger partial charge in [0.25, 0.3) is 0 Å². The lowest BCUT2D eigenvalue weighted by molar-refractivity contribution is 0.300. The van der Waals surface area contributed by atoms with Crippen molar-refractivity contribution in [1.82, 2.24) is 0 Å². The summed E-state index contributed by atoms with van der Waals surface area (Å²) in [6.07, 6.45) is 1.17. The number of benzene rings is 1. The fourth-order valence-electron chi connectivity index (χ4n) is 2.81. The summed E-state index contributed by atoms with van der Waals surface area (Å²) < 4.78 is 0. The number of rotatable bonds is 5. The Hall–Kier alpha value is -1.02. The Morgan fingerprint density at radius 1 is 1.21 bits per heavy atom. The van der Waals surface area contributed by atoms with Gasteiger partial charge in [0.1, 0.15) is 0 Å². The molecule has 0 bridgehead atoms. The third-order valence-corrected chi connectivity index (χ3v) is 3.53. The van der Waals surface area contributed by atoms with Gasteiger partial charge in [0.2, 0.25) is 0 Å². The first kappa shape index (κ1) is 16.0. The molecule has 0 aliphatic rings. The molecule has 0 saturated heterocycles. The SMILES string of the molecule is Cc1ccc(N(C)CC(CN)CC(C)(C)C)c(C)c1. The van der Waals surface area contributed by atoms with Crippen LogP contribution in [-0.4, -0.2) is 20.1 Å². The predicted molar refractivity (Wildman–Crippen MR) is 85.8 cm³/mol. The average Bonchev–Trinajstić information content (AvgIpc) is 2.25. The Morgan fingerprint density at radius 3 is 2.32 bits per heavy atom. The van der Waals surface area contributed by atoms with Crippen LogP contribution in [0.25, 0.3) is 0 Å². The second-order valence-electron chi connectivity index (χ2n) is 7.04. The van der Waals surface area contributed by atoms with E-state index in [0.29, 0.717) is 11.3 Å². The standard InChI is InChI=1S/C17H30N2/c1-13-7-8-16(14(2)9-13)19(6)12-15(11-18)10-17(3,4)5/h7-9,15H,10-12,18H2,1-6H3. The molecule has 0 saturated carbocycles. The molecule has 0 spiro atoms. The minimum absolute atomic E-state index is 0.340. The summed E-state index contributed by atoms with van der Waals surface area (Å²) in [6, 6.07) is 6.64. The van der Waals surface area contributed by atoms with E-state index in [1.54, 1.807) is 0 Å². The van der Waals surface area contributed by atoms with Crippen LogP contribution in [0.4, 0.5) is 5.69 Å². The first-order chi connectivity index (χ1) is 8.73. The number of nitrogens with zero attached hydrogens (tertiary/aromatic N) is 1. The maximum absolute atomic E-state index is 5.94. The molecule has 0 fully saturated rings. The highest BCUT2D eigenvalue weighted by Gasteiger charge is 2.19. The van der Waals surface area contributed by atoms with Crippen LogP contribution >= 0.6 is 0 Å². The fourth-order valence-corrected chi connectivity index (χ4v) is 2.81. The van der Waals surface area contributed by atoms with E-state index in [2.05, 4.69) is 64.8 Å². The first-order valence-electron chi connectivity index (χ1n) is 7.21. The molecule has 0 aliphatic heterocycles. The lowest BCUT2D eigenvalue weighted by atomic mass is 9.84. The van der Waals surface area contributed by atoms with Crippen molar-refractivity contribution in [2.24, 2.45) is 17.1 Å². The van der Waals surface area contributed by atoms with E-state index in [0.717, 1.165) is 13.1 Å². The summed E-state index contributed by atoms with van der Waals surface area (Å²) in [4.78, 5) is 2.35. The molecular weight excluding hydrogens is 232 g/mol. The zero-order chi connectivity index (χ0) is 14.6. The van der Waals surface area contributed by atoms with Crippen LogP contribution in [0, 0.1) is 25.2 Å². The molecule has 1 aromatic rings. The lowest BCUT2D eigenvalue weighted by Gasteiger charge is -2.30. The third kappa shape index (κ3) is 5.23. The predicted octanol–water partition coefficient (Wildman–Crippen LogP) is 3.75. The van der Waals surface area contributed by atoms with Gasteiger partial charge < -0.3 is 10.6 Å². The molecule has 108 valence electrons. The van der Waals surface area contributed by atoms with Crippen LogP contribution in [0.15, 0.2) is 18.2 Å². The molecule has 0 radical (unpaired) electrons. The molecular formula is C17H30N2. The normalized spacial score (nSPS) is 13.4. The molecule has 19 heavy (non-hydrogen) atoms. The Labute approximate surface area is 119 Å². The minimum atomic E-state index is 0.340. The van der Waals surface area contributed by atoms with Gasteiger partial charge in [-0.2, -0.15) is 0 Å². The largest absolute Gasteiger partial charge is 0.374 e. The van der Waals surface area contributed by atoms with Crippen molar-refractivity contribution in [3.63, 3.8) is 0 Å². The van der Waals surface area contributed by atoms with Crippen molar-refractivity contribution in [2.75, 3.05) is 25.0 Å². The summed E-state index contributed by atoms with van der Waals surface area (Å²) in [6.45, 7) is 13.0. The van der Waals surface area contributed by atoms with Crippen LogP contribution < -0.4 is 10.6 Å². The van der Waals surface area contributed by atoms with E-state index < -0.39 is 0 Å². The van der Waals surface area contributed by atoms with E-state index in [4.69, 9.17) is 5.73 Å². The smallest absolute Gasteiger partial charge is 0.0393 e. The van der Waals surface area contributed by atoms with Crippen LogP contribution in [-0.2, 0) is 0 Å². The number of aryl methyl sites for hydroxylation is 2. The summed E-state index contributed by atoms with van der Waals surface area (Å²) in [5.74, 6) is 0.547. The van der Waals surface area contributed by atoms with Crippen molar-refractivity contribution in [2.45, 2.75) is 41.0 Å². The van der Waals surface area contributed by atoms with Crippen LogP contribution in [0.3, 0.4) is 0 Å². The Kier molecular flexibility index (Phi) is 5.42. The van der Waals surface area contributed by atoms with Gasteiger partial charge in [0, 0.05) is 19.3 Å². The quantitative estimate of drug-likeness (QED) is 0.875. The van der Waals surface area contributed by atoms with E-state index in [-0.39, 0.29) is 0 Å².